The topological polar surface area (TPSA) is 66.4 Å². The number of carbonyl (C=O) groups is 2. The van der Waals surface area contributed by atoms with E-state index in [9.17, 15) is 9.59 Å². The molecule has 0 spiro atoms. The van der Waals surface area contributed by atoms with E-state index >= 15 is 0 Å². The predicted molar refractivity (Wildman–Crippen MR) is 85.5 cm³/mol. The first kappa shape index (κ1) is 16.5. The number of carboxylic acids is 1. The molecule has 1 aliphatic carbocycles. The summed E-state index contributed by atoms with van der Waals surface area (Å²) in [5.41, 5.74) is 1.31. The summed E-state index contributed by atoms with van der Waals surface area (Å²) in [6, 6.07) is 10.5. The fourth-order valence-electron chi connectivity index (χ4n) is 3.04. The Morgan fingerprint density at radius 1 is 1.05 bits per heavy atom. The lowest BCUT2D eigenvalue weighted by molar-refractivity contribution is -0.142. The van der Waals surface area contributed by atoms with Gasteiger partial charge in [0.2, 0.25) is 5.91 Å². The van der Waals surface area contributed by atoms with E-state index in [1.165, 1.54) is 5.56 Å². The van der Waals surface area contributed by atoms with Crippen molar-refractivity contribution in [1.29, 1.82) is 0 Å². The average Bonchev–Trinajstić information content (AvgIpc) is 2.53. The molecular weight excluding hydrogens is 278 g/mol. The number of aryl methyl sites for hydroxylation is 1. The van der Waals surface area contributed by atoms with E-state index < -0.39 is 5.97 Å². The van der Waals surface area contributed by atoms with Gasteiger partial charge in [-0.15, -0.1) is 0 Å². The highest BCUT2D eigenvalue weighted by atomic mass is 16.4. The molecule has 1 amide bonds. The number of nitrogens with one attached hydrogen (secondary N) is 1. The molecule has 4 heteroatoms. The van der Waals surface area contributed by atoms with Crippen LogP contribution in [0.25, 0.3) is 0 Å². The van der Waals surface area contributed by atoms with Crippen LogP contribution in [0.15, 0.2) is 30.3 Å². The molecule has 4 nitrogen and oxygen atoms in total. The molecule has 22 heavy (non-hydrogen) atoms. The van der Waals surface area contributed by atoms with Gasteiger partial charge in [0.05, 0.1) is 5.92 Å². The SMILES string of the molecule is O=C(CCCCc1ccccc1)NC1CCC(C(=O)O)CC1. The van der Waals surface area contributed by atoms with Crippen molar-refractivity contribution >= 4 is 11.9 Å². The van der Waals surface area contributed by atoms with E-state index in [2.05, 4.69) is 17.4 Å². The molecule has 0 bridgehead atoms. The molecule has 0 unspecified atom stereocenters. The highest BCUT2D eigenvalue weighted by Crippen LogP contribution is 2.24. The zero-order chi connectivity index (χ0) is 15.8. The molecule has 1 aromatic rings. The molecule has 1 aliphatic rings. The highest BCUT2D eigenvalue weighted by Gasteiger charge is 2.26. The van der Waals surface area contributed by atoms with E-state index in [4.69, 9.17) is 5.11 Å². The van der Waals surface area contributed by atoms with Gasteiger partial charge in [0, 0.05) is 12.5 Å². The smallest absolute Gasteiger partial charge is 0.306 e. The van der Waals surface area contributed by atoms with Crippen LogP contribution in [-0.4, -0.2) is 23.0 Å². The minimum Gasteiger partial charge on any atom is -0.481 e. The van der Waals surface area contributed by atoms with E-state index in [1.54, 1.807) is 0 Å². The van der Waals surface area contributed by atoms with Gasteiger partial charge in [-0.1, -0.05) is 30.3 Å². The van der Waals surface area contributed by atoms with Crippen molar-refractivity contribution < 1.29 is 14.7 Å². The van der Waals surface area contributed by atoms with Gasteiger partial charge in [-0.05, 0) is 50.5 Å². The summed E-state index contributed by atoms with van der Waals surface area (Å²) in [6.45, 7) is 0. The predicted octanol–water partition coefficient (Wildman–Crippen LogP) is 3.16. The number of amides is 1. The van der Waals surface area contributed by atoms with Crippen molar-refractivity contribution in [2.45, 2.75) is 57.4 Å². The minimum absolute atomic E-state index is 0.104. The van der Waals surface area contributed by atoms with Crippen LogP contribution in [0.4, 0.5) is 0 Å². The van der Waals surface area contributed by atoms with Gasteiger partial charge >= 0.3 is 5.97 Å². The standard InChI is InChI=1S/C18H25NO3/c20-17(9-5-4-8-14-6-2-1-3-7-14)19-16-12-10-15(11-13-16)18(21)22/h1-3,6-7,15-16H,4-5,8-13H2,(H,19,20)(H,21,22). The Bertz CT molecular complexity index is 478. The number of carbonyl (C=O) groups excluding carboxylic acids is 1. The van der Waals surface area contributed by atoms with Crippen molar-refractivity contribution in [3.63, 3.8) is 0 Å². The second-order valence-electron chi connectivity index (χ2n) is 6.15. The molecule has 1 fully saturated rings. The number of aliphatic carboxylic acids is 1. The third kappa shape index (κ3) is 5.51. The normalized spacial score (nSPS) is 21.3. The molecule has 0 atom stereocenters. The Hall–Kier alpha value is -1.84. The lowest BCUT2D eigenvalue weighted by Gasteiger charge is -2.26. The van der Waals surface area contributed by atoms with Crippen molar-refractivity contribution in [2.75, 3.05) is 0 Å². The Morgan fingerprint density at radius 2 is 1.73 bits per heavy atom. The third-order valence-electron chi connectivity index (χ3n) is 4.40. The molecule has 1 saturated carbocycles. The third-order valence-corrected chi connectivity index (χ3v) is 4.40. The van der Waals surface area contributed by atoms with Gasteiger partial charge in [0.15, 0.2) is 0 Å². The first-order chi connectivity index (χ1) is 10.6. The Morgan fingerprint density at radius 3 is 2.36 bits per heavy atom. The van der Waals surface area contributed by atoms with Gasteiger partial charge < -0.3 is 10.4 Å². The van der Waals surface area contributed by atoms with Gasteiger partial charge in [-0.2, -0.15) is 0 Å². The second-order valence-corrected chi connectivity index (χ2v) is 6.15. The van der Waals surface area contributed by atoms with Crippen LogP contribution in [0, 0.1) is 5.92 Å². The van der Waals surface area contributed by atoms with Crippen LogP contribution in [0.5, 0.6) is 0 Å². The quantitative estimate of drug-likeness (QED) is 0.760. The van der Waals surface area contributed by atoms with Crippen LogP contribution in [0.1, 0.15) is 50.5 Å². The molecule has 0 radical (unpaired) electrons. The van der Waals surface area contributed by atoms with Crippen LogP contribution in [-0.2, 0) is 16.0 Å². The average molecular weight is 303 g/mol. The number of hydrogen-bond donors (Lipinski definition) is 2. The highest BCUT2D eigenvalue weighted by molar-refractivity contribution is 5.76. The number of hydrogen-bond acceptors (Lipinski definition) is 2. The summed E-state index contributed by atoms with van der Waals surface area (Å²) in [5.74, 6) is -0.823. The number of carboxylic acid groups (broad SMARTS) is 1. The number of unbranched alkanes of at least 4 members (excludes halogenated alkanes) is 1. The maximum absolute atomic E-state index is 11.9. The molecule has 0 heterocycles. The van der Waals surface area contributed by atoms with Gasteiger partial charge in [0.25, 0.3) is 0 Å². The molecule has 2 rings (SSSR count). The molecule has 2 N–H and O–H groups in total. The second kappa shape index (κ2) is 8.57. The fraction of sp³-hybridized carbons (Fsp3) is 0.556. The summed E-state index contributed by atoms with van der Waals surface area (Å²) >= 11 is 0. The lowest BCUT2D eigenvalue weighted by Crippen LogP contribution is -2.38. The van der Waals surface area contributed by atoms with Crippen molar-refractivity contribution in [2.24, 2.45) is 5.92 Å². The van der Waals surface area contributed by atoms with Crippen molar-refractivity contribution in [1.82, 2.24) is 5.32 Å². The molecule has 0 aromatic heterocycles. The minimum atomic E-state index is -0.703. The molecule has 120 valence electrons. The zero-order valence-corrected chi connectivity index (χ0v) is 13.0. The van der Waals surface area contributed by atoms with Gasteiger partial charge in [-0.3, -0.25) is 9.59 Å². The fourth-order valence-corrected chi connectivity index (χ4v) is 3.04. The van der Waals surface area contributed by atoms with E-state index in [0.29, 0.717) is 19.3 Å². The summed E-state index contributed by atoms with van der Waals surface area (Å²) < 4.78 is 0. The van der Waals surface area contributed by atoms with Crippen molar-refractivity contribution in [3.8, 4) is 0 Å². The van der Waals surface area contributed by atoms with Crippen LogP contribution in [0.3, 0.4) is 0 Å². The van der Waals surface area contributed by atoms with E-state index in [-0.39, 0.29) is 17.9 Å². The van der Waals surface area contributed by atoms with Crippen molar-refractivity contribution in [3.05, 3.63) is 35.9 Å². The van der Waals surface area contributed by atoms with Gasteiger partial charge in [-0.25, -0.2) is 0 Å². The summed E-state index contributed by atoms with van der Waals surface area (Å²) in [6.07, 6.45) is 6.40. The molecular formula is C18H25NO3. The summed E-state index contributed by atoms with van der Waals surface area (Å²) in [5, 5.41) is 12.0. The lowest BCUT2D eigenvalue weighted by atomic mass is 9.86. The summed E-state index contributed by atoms with van der Waals surface area (Å²) in [7, 11) is 0. The first-order valence-corrected chi connectivity index (χ1v) is 8.21. The van der Waals surface area contributed by atoms with Crippen LogP contribution in [0.2, 0.25) is 0 Å². The maximum Gasteiger partial charge on any atom is 0.306 e. The van der Waals surface area contributed by atoms with E-state index in [1.807, 2.05) is 18.2 Å². The number of benzene rings is 1. The first-order valence-electron chi connectivity index (χ1n) is 8.21. The largest absolute Gasteiger partial charge is 0.481 e. The van der Waals surface area contributed by atoms with Crippen LogP contribution < -0.4 is 5.32 Å². The maximum atomic E-state index is 11.9. The molecule has 0 saturated heterocycles. The zero-order valence-electron chi connectivity index (χ0n) is 13.0. The Kier molecular flexibility index (Phi) is 6.44. The molecule has 1 aromatic carbocycles. The molecule has 0 aliphatic heterocycles. The Labute approximate surface area is 131 Å². The van der Waals surface area contributed by atoms with Gasteiger partial charge in [0.1, 0.15) is 0 Å². The Balaban J connectivity index is 1.57. The number of rotatable bonds is 7. The van der Waals surface area contributed by atoms with E-state index in [0.717, 1.165) is 32.1 Å². The van der Waals surface area contributed by atoms with Crippen LogP contribution >= 0.6 is 0 Å². The summed E-state index contributed by atoms with van der Waals surface area (Å²) in [4.78, 5) is 22.8. The monoisotopic (exact) mass is 303 g/mol.